The second kappa shape index (κ2) is 13.9. The Labute approximate surface area is 258 Å². The number of aromatic nitrogens is 4. The predicted octanol–water partition coefficient (Wildman–Crippen LogP) is 5.75. The molecule has 10 nitrogen and oxygen atoms in total. The topological polar surface area (TPSA) is 104 Å². The molecule has 2 heterocycles. The third-order valence-corrected chi connectivity index (χ3v) is 8.49. The van der Waals surface area contributed by atoms with Crippen molar-refractivity contribution in [2.45, 2.75) is 57.4 Å². The van der Waals surface area contributed by atoms with Crippen molar-refractivity contribution in [1.29, 1.82) is 0 Å². The number of carbonyl (C=O) groups excluding carboxylic acids is 1. The number of hydrazone groups is 1. The summed E-state index contributed by atoms with van der Waals surface area (Å²) in [4.78, 5) is 15.0. The van der Waals surface area contributed by atoms with Gasteiger partial charge in [-0.3, -0.25) is 4.79 Å². The summed E-state index contributed by atoms with van der Waals surface area (Å²) in [5, 5.41) is 19.0. The number of rotatable bonds is 11. The van der Waals surface area contributed by atoms with Crippen molar-refractivity contribution in [3.05, 3.63) is 72.3 Å². The van der Waals surface area contributed by atoms with Crippen LogP contribution in [0.1, 0.15) is 56.9 Å². The number of benzene rings is 2. The van der Waals surface area contributed by atoms with Gasteiger partial charge in [-0.2, -0.15) is 9.90 Å². The Morgan fingerprint density at radius 2 is 1.55 bits per heavy atom. The lowest BCUT2D eigenvalue weighted by Crippen LogP contribution is -2.48. The van der Waals surface area contributed by atoms with Crippen LogP contribution >= 0.6 is 0 Å². The third kappa shape index (κ3) is 6.69. The number of fused-ring (bicyclic) bond motifs is 1. The molecule has 6 rings (SSSR count). The Kier molecular flexibility index (Phi) is 9.34. The third-order valence-electron chi connectivity index (χ3n) is 8.49. The number of aryl methyl sites for hydroxylation is 1. The van der Waals surface area contributed by atoms with Gasteiger partial charge in [0.15, 0.2) is 11.5 Å². The van der Waals surface area contributed by atoms with Gasteiger partial charge in [0.2, 0.25) is 5.82 Å². The summed E-state index contributed by atoms with van der Waals surface area (Å²) in [7, 11) is 3.39. The molecule has 2 aromatic carbocycles. The maximum atomic E-state index is 13.6. The number of amides is 1. The molecule has 0 unspecified atom stereocenters. The van der Waals surface area contributed by atoms with Gasteiger partial charge in [0, 0.05) is 17.0 Å². The fourth-order valence-electron chi connectivity index (χ4n) is 6.13. The van der Waals surface area contributed by atoms with Gasteiger partial charge >= 0.3 is 0 Å². The molecular formula is C34H40N6O4. The number of carbonyl (C=O) groups is 1. The standard InChI is InChI=1S/C34H40N6O4/c1-39-37-33(35-38-39)24-15-18-27(19-16-24)43-21-9-10-22-44-31-23-25(17-20-30(31)42-2)32-28-13-7-8-14-29(28)34(41)40(36-32)26-11-5-3-4-6-12-26/h7-8,13-20,23,26,28-29H,3-6,9-12,21-22H2,1-2H3/t28-,29+/m0/s1. The Balaban J connectivity index is 1.08. The van der Waals surface area contributed by atoms with Crippen LogP contribution in [0.25, 0.3) is 11.4 Å². The Morgan fingerprint density at radius 1 is 0.841 bits per heavy atom. The summed E-state index contributed by atoms with van der Waals surface area (Å²) >= 11 is 0. The van der Waals surface area contributed by atoms with Crippen LogP contribution in [-0.2, 0) is 11.8 Å². The van der Waals surface area contributed by atoms with E-state index in [-0.39, 0.29) is 23.8 Å². The first-order valence-electron chi connectivity index (χ1n) is 15.7. The molecule has 1 aromatic heterocycles. The summed E-state index contributed by atoms with van der Waals surface area (Å²) in [6.45, 7) is 1.10. The van der Waals surface area contributed by atoms with E-state index >= 15 is 0 Å². The van der Waals surface area contributed by atoms with E-state index < -0.39 is 0 Å². The second-order valence-electron chi connectivity index (χ2n) is 11.5. The van der Waals surface area contributed by atoms with E-state index in [9.17, 15) is 4.79 Å². The quantitative estimate of drug-likeness (QED) is 0.205. The number of unbranched alkanes of at least 4 members (excludes halogenated alkanes) is 1. The number of methoxy groups -OCH3 is 1. The lowest BCUT2D eigenvalue weighted by atomic mass is 9.80. The molecule has 0 bridgehead atoms. The highest BCUT2D eigenvalue weighted by Gasteiger charge is 2.40. The normalized spacial score (nSPS) is 20.2. The molecule has 230 valence electrons. The van der Waals surface area contributed by atoms with Gasteiger partial charge in [0.25, 0.3) is 5.91 Å². The molecule has 1 fully saturated rings. The largest absolute Gasteiger partial charge is 0.494 e. The van der Waals surface area contributed by atoms with E-state index in [0.29, 0.717) is 30.5 Å². The minimum absolute atomic E-state index is 0.0983. The monoisotopic (exact) mass is 596 g/mol. The molecule has 3 aromatic rings. The highest BCUT2D eigenvalue weighted by molar-refractivity contribution is 6.08. The van der Waals surface area contributed by atoms with Crippen molar-refractivity contribution < 1.29 is 19.0 Å². The number of tetrazole rings is 1. The number of hydrogen-bond acceptors (Lipinski definition) is 8. The van der Waals surface area contributed by atoms with Crippen LogP contribution in [0.15, 0.2) is 71.9 Å². The SMILES string of the molecule is COc1ccc(C2=NN(C3CCCCCC3)C(=O)[C@@H]3C=CC=C[C@H]23)cc1OCCCCOc1ccc(-c2nnn(C)n2)cc1. The molecule has 0 N–H and O–H groups in total. The van der Waals surface area contributed by atoms with Crippen LogP contribution in [0.2, 0.25) is 0 Å². The zero-order chi connectivity index (χ0) is 30.3. The molecule has 2 aliphatic carbocycles. The van der Waals surface area contributed by atoms with Gasteiger partial charge in [-0.05, 0) is 73.4 Å². The first kappa shape index (κ1) is 29.6. The van der Waals surface area contributed by atoms with Gasteiger partial charge in [-0.25, -0.2) is 5.01 Å². The molecule has 0 spiro atoms. The van der Waals surface area contributed by atoms with Gasteiger partial charge in [0.1, 0.15) is 5.75 Å². The van der Waals surface area contributed by atoms with Crippen molar-refractivity contribution >= 4 is 11.6 Å². The van der Waals surface area contributed by atoms with Crippen LogP contribution in [0.5, 0.6) is 17.2 Å². The zero-order valence-electron chi connectivity index (χ0n) is 25.5. The maximum Gasteiger partial charge on any atom is 0.250 e. The molecule has 1 aliphatic heterocycles. The summed E-state index contributed by atoms with van der Waals surface area (Å²) < 4.78 is 17.8. The number of ether oxygens (including phenoxy) is 3. The number of allylic oxidation sites excluding steroid dienone is 3. The average Bonchev–Trinajstić information content (AvgIpc) is 3.31. The smallest absolute Gasteiger partial charge is 0.250 e. The number of nitrogens with zero attached hydrogens (tertiary/aromatic N) is 6. The van der Waals surface area contributed by atoms with Crippen molar-refractivity contribution in [3.63, 3.8) is 0 Å². The predicted molar refractivity (Wildman–Crippen MR) is 168 cm³/mol. The minimum atomic E-state index is -0.234. The minimum Gasteiger partial charge on any atom is -0.494 e. The molecule has 44 heavy (non-hydrogen) atoms. The van der Waals surface area contributed by atoms with Crippen molar-refractivity contribution in [3.8, 4) is 28.6 Å². The summed E-state index contributed by atoms with van der Waals surface area (Å²) in [6.07, 6.45) is 16.5. The first-order valence-corrected chi connectivity index (χ1v) is 15.7. The Hall–Kier alpha value is -4.47. The van der Waals surface area contributed by atoms with Crippen LogP contribution in [0.4, 0.5) is 0 Å². The molecular weight excluding hydrogens is 556 g/mol. The molecule has 2 atom stereocenters. The van der Waals surface area contributed by atoms with Crippen molar-refractivity contribution in [2.75, 3.05) is 20.3 Å². The summed E-state index contributed by atoms with van der Waals surface area (Å²) in [6, 6.07) is 13.8. The van der Waals surface area contributed by atoms with E-state index in [1.165, 1.54) is 17.6 Å². The van der Waals surface area contributed by atoms with Gasteiger partial charge in [-0.1, -0.05) is 50.0 Å². The van der Waals surface area contributed by atoms with Crippen LogP contribution in [0.3, 0.4) is 0 Å². The molecule has 0 radical (unpaired) electrons. The molecule has 1 amide bonds. The highest BCUT2D eigenvalue weighted by Crippen LogP contribution is 2.36. The lowest BCUT2D eigenvalue weighted by molar-refractivity contribution is -0.138. The van der Waals surface area contributed by atoms with Crippen LogP contribution in [-0.4, -0.2) is 63.2 Å². The molecule has 1 saturated carbocycles. The Morgan fingerprint density at radius 3 is 2.25 bits per heavy atom. The lowest BCUT2D eigenvalue weighted by Gasteiger charge is -2.38. The number of hydrogen-bond donors (Lipinski definition) is 0. The van der Waals surface area contributed by atoms with Crippen LogP contribution < -0.4 is 14.2 Å². The van der Waals surface area contributed by atoms with Gasteiger partial charge in [-0.15, -0.1) is 10.2 Å². The molecule has 3 aliphatic rings. The van der Waals surface area contributed by atoms with Gasteiger partial charge < -0.3 is 14.2 Å². The van der Waals surface area contributed by atoms with E-state index in [1.54, 1.807) is 19.2 Å². The molecule has 10 heteroatoms. The van der Waals surface area contributed by atoms with Gasteiger partial charge in [0.05, 0.1) is 45.0 Å². The fourth-order valence-corrected chi connectivity index (χ4v) is 6.13. The summed E-state index contributed by atoms with van der Waals surface area (Å²) in [5.74, 6) is 2.50. The molecule has 0 saturated heterocycles. The first-order chi connectivity index (χ1) is 21.6. The second-order valence-corrected chi connectivity index (χ2v) is 11.5. The fraction of sp³-hybridized carbons (Fsp3) is 0.441. The van der Waals surface area contributed by atoms with E-state index in [0.717, 1.165) is 61.1 Å². The average molecular weight is 597 g/mol. The maximum absolute atomic E-state index is 13.6. The van der Waals surface area contributed by atoms with Crippen LogP contribution in [0, 0.1) is 11.8 Å². The Bertz CT molecular complexity index is 1520. The summed E-state index contributed by atoms with van der Waals surface area (Å²) in [5.41, 5.74) is 2.75. The van der Waals surface area contributed by atoms with Crippen molar-refractivity contribution in [1.82, 2.24) is 25.2 Å². The zero-order valence-corrected chi connectivity index (χ0v) is 25.5. The van der Waals surface area contributed by atoms with E-state index in [1.807, 2.05) is 60.7 Å². The van der Waals surface area contributed by atoms with E-state index in [4.69, 9.17) is 19.3 Å². The highest BCUT2D eigenvalue weighted by atomic mass is 16.5. The van der Waals surface area contributed by atoms with E-state index in [2.05, 4.69) is 21.5 Å². The van der Waals surface area contributed by atoms with Crippen molar-refractivity contribution in [2.24, 2.45) is 24.0 Å².